The van der Waals surface area contributed by atoms with Gasteiger partial charge in [0.25, 0.3) is 0 Å². The van der Waals surface area contributed by atoms with Crippen LogP contribution in [0.2, 0.25) is 0 Å². The molecule has 19 heavy (non-hydrogen) atoms. The van der Waals surface area contributed by atoms with Crippen molar-refractivity contribution in [2.45, 2.75) is 45.6 Å². The van der Waals surface area contributed by atoms with Gasteiger partial charge in [-0.05, 0) is 26.3 Å². The molecule has 0 amide bonds. The molecule has 2 aromatic rings. The molecule has 0 aliphatic heterocycles. The summed E-state index contributed by atoms with van der Waals surface area (Å²) in [5.41, 5.74) is 0. The predicted octanol–water partition coefficient (Wildman–Crippen LogP) is 2.34. The second-order valence-electron chi connectivity index (χ2n) is 4.65. The van der Waals surface area contributed by atoms with Crippen molar-refractivity contribution in [1.82, 2.24) is 25.4 Å². The molecule has 6 nitrogen and oxygen atoms in total. The van der Waals surface area contributed by atoms with Crippen molar-refractivity contribution in [2.75, 3.05) is 6.54 Å². The molecule has 2 unspecified atom stereocenters. The number of aromatic nitrogens is 4. The molecule has 0 aliphatic rings. The highest BCUT2D eigenvalue weighted by atomic mass is 16.5. The number of aromatic amines is 1. The zero-order valence-electron chi connectivity index (χ0n) is 11.7. The first-order chi connectivity index (χ1) is 9.26. The minimum absolute atomic E-state index is 0.225. The van der Waals surface area contributed by atoms with Gasteiger partial charge in [-0.2, -0.15) is 4.98 Å². The molecule has 2 N–H and O–H groups in total. The van der Waals surface area contributed by atoms with Gasteiger partial charge in [0, 0.05) is 18.4 Å². The molecular formula is C13H21N5O. The van der Waals surface area contributed by atoms with Crippen molar-refractivity contribution in [3.8, 4) is 11.6 Å². The van der Waals surface area contributed by atoms with Gasteiger partial charge in [-0.3, -0.25) is 0 Å². The van der Waals surface area contributed by atoms with E-state index in [1.807, 2.05) is 0 Å². The first kappa shape index (κ1) is 13.7. The van der Waals surface area contributed by atoms with Gasteiger partial charge in [-0.15, -0.1) is 0 Å². The van der Waals surface area contributed by atoms with Crippen molar-refractivity contribution in [3.63, 3.8) is 0 Å². The predicted molar refractivity (Wildman–Crippen MR) is 72.7 cm³/mol. The maximum atomic E-state index is 5.38. The van der Waals surface area contributed by atoms with E-state index in [9.17, 15) is 0 Å². The van der Waals surface area contributed by atoms with Gasteiger partial charge < -0.3 is 14.8 Å². The van der Waals surface area contributed by atoms with Gasteiger partial charge in [0.05, 0.1) is 5.92 Å². The monoisotopic (exact) mass is 263 g/mol. The smallest absolute Gasteiger partial charge is 0.238 e. The van der Waals surface area contributed by atoms with Crippen molar-refractivity contribution in [3.05, 3.63) is 18.3 Å². The van der Waals surface area contributed by atoms with Crippen LogP contribution >= 0.6 is 0 Å². The molecule has 0 aliphatic carbocycles. The molecule has 104 valence electrons. The third-order valence-electron chi connectivity index (χ3n) is 3.23. The van der Waals surface area contributed by atoms with Crippen LogP contribution in [0.1, 0.15) is 45.4 Å². The summed E-state index contributed by atoms with van der Waals surface area (Å²) in [4.78, 5) is 11.5. The molecule has 0 bridgehead atoms. The zero-order valence-corrected chi connectivity index (χ0v) is 11.7. The number of rotatable bonds is 7. The molecule has 0 saturated heterocycles. The van der Waals surface area contributed by atoms with Gasteiger partial charge in [-0.25, -0.2) is 4.98 Å². The maximum absolute atomic E-state index is 5.38. The van der Waals surface area contributed by atoms with Gasteiger partial charge >= 0.3 is 0 Å². The minimum Gasteiger partial charge on any atom is -0.342 e. The van der Waals surface area contributed by atoms with E-state index in [4.69, 9.17) is 4.52 Å². The number of hydrogen-bond donors (Lipinski definition) is 2. The lowest BCUT2D eigenvalue weighted by atomic mass is 9.98. The van der Waals surface area contributed by atoms with E-state index in [1.54, 1.807) is 12.4 Å². The fourth-order valence-corrected chi connectivity index (χ4v) is 2.13. The second kappa shape index (κ2) is 6.47. The molecule has 0 fully saturated rings. The average Bonchev–Trinajstić information content (AvgIpc) is 3.07. The van der Waals surface area contributed by atoms with Crippen LogP contribution in [0.25, 0.3) is 11.6 Å². The van der Waals surface area contributed by atoms with Crippen LogP contribution in [-0.2, 0) is 0 Å². The largest absolute Gasteiger partial charge is 0.342 e. The Labute approximate surface area is 113 Å². The summed E-state index contributed by atoms with van der Waals surface area (Å²) in [7, 11) is 0. The summed E-state index contributed by atoms with van der Waals surface area (Å²) in [6.45, 7) is 7.44. The number of nitrogens with zero attached hydrogens (tertiary/aromatic N) is 3. The highest BCUT2D eigenvalue weighted by Gasteiger charge is 2.23. The van der Waals surface area contributed by atoms with E-state index >= 15 is 0 Å². The lowest BCUT2D eigenvalue weighted by molar-refractivity contribution is 0.316. The quantitative estimate of drug-likeness (QED) is 0.801. The SMILES string of the molecule is CCCNC(C)C(CC)c1nc(-c2ncc[nH]2)no1. The van der Waals surface area contributed by atoms with E-state index in [0.29, 0.717) is 23.6 Å². The van der Waals surface area contributed by atoms with Crippen LogP contribution in [0.15, 0.2) is 16.9 Å². The van der Waals surface area contributed by atoms with E-state index < -0.39 is 0 Å². The Kier molecular flexibility index (Phi) is 4.68. The molecule has 0 radical (unpaired) electrons. The van der Waals surface area contributed by atoms with Gasteiger partial charge in [-0.1, -0.05) is 19.0 Å². The number of nitrogens with one attached hydrogen (secondary N) is 2. The van der Waals surface area contributed by atoms with Crippen LogP contribution in [-0.4, -0.2) is 32.7 Å². The molecule has 6 heteroatoms. The molecule has 2 rings (SSSR count). The Hall–Kier alpha value is -1.69. The summed E-state index contributed by atoms with van der Waals surface area (Å²) in [5.74, 6) is 2.05. The van der Waals surface area contributed by atoms with Gasteiger partial charge in [0.15, 0.2) is 5.82 Å². The molecule has 2 aromatic heterocycles. The van der Waals surface area contributed by atoms with Crippen LogP contribution in [0.5, 0.6) is 0 Å². The fraction of sp³-hybridized carbons (Fsp3) is 0.615. The summed E-state index contributed by atoms with van der Waals surface area (Å²) < 4.78 is 5.38. The van der Waals surface area contributed by atoms with Crippen molar-refractivity contribution < 1.29 is 4.52 Å². The Balaban J connectivity index is 2.11. The summed E-state index contributed by atoms with van der Waals surface area (Å²) in [6.07, 6.45) is 5.49. The van der Waals surface area contributed by atoms with Crippen LogP contribution in [0.4, 0.5) is 0 Å². The minimum atomic E-state index is 0.225. The molecule has 2 heterocycles. The Morgan fingerprint density at radius 1 is 1.42 bits per heavy atom. The first-order valence-corrected chi connectivity index (χ1v) is 6.83. The number of hydrogen-bond acceptors (Lipinski definition) is 5. The van der Waals surface area contributed by atoms with Gasteiger partial charge in [0.2, 0.25) is 11.7 Å². The Morgan fingerprint density at radius 2 is 2.26 bits per heavy atom. The van der Waals surface area contributed by atoms with Crippen molar-refractivity contribution in [2.24, 2.45) is 0 Å². The van der Waals surface area contributed by atoms with E-state index in [1.165, 1.54) is 0 Å². The second-order valence-corrected chi connectivity index (χ2v) is 4.65. The topological polar surface area (TPSA) is 79.6 Å². The lowest BCUT2D eigenvalue weighted by Gasteiger charge is -2.20. The molecule has 0 spiro atoms. The maximum Gasteiger partial charge on any atom is 0.238 e. The molecule has 0 saturated carbocycles. The highest BCUT2D eigenvalue weighted by Crippen LogP contribution is 2.23. The first-order valence-electron chi connectivity index (χ1n) is 6.83. The molecule has 0 aromatic carbocycles. The lowest BCUT2D eigenvalue weighted by Crippen LogP contribution is -2.32. The molecule has 2 atom stereocenters. The standard InChI is InChI=1S/C13H21N5O/c1-4-6-14-9(3)10(5-2)13-17-12(18-19-13)11-15-7-8-16-11/h7-10,14H,4-6H2,1-3H3,(H,15,16). The third-order valence-corrected chi connectivity index (χ3v) is 3.23. The van der Waals surface area contributed by atoms with E-state index in [-0.39, 0.29) is 5.92 Å². The van der Waals surface area contributed by atoms with Crippen molar-refractivity contribution in [1.29, 1.82) is 0 Å². The molecular weight excluding hydrogens is 242 g/mol. The van der Waals surface area contributed by atoms with Crippen LogP contribution in [0, 0.1) is 0 Å². The fourth-order valence-electron chi connectivity index (χ4n) is 2.13. The Bertz CT molecular complexity index is 479. The van der Waals surface area contributed by atoms with Crippen LogP contribution < -0.4 is 5.32 Å². The summed E-state index contributed by atoms with van der Waals surface area (Å²) in [5, 5.41) is 7.46. The number of imidazole rings is 1. The third kappa shape index (κ3) is 3.20. The number of H-pyrrole nitrogens is 1. The summed E-state index contributed by atoms with van der Waals surface area (Å²) >= 11 is 0. The van der Waals surface area contributed by atoms with E-state index in [0.717, 1.165) is 19.4 Å². The highest BCUT2D eigenvalue weighted by molar-refractivity contribution is 5.40. The van der Waals surface area contributed by atoms with Crippen LogP contribution in [0.3, 0.4) is 0 Å². The Morgan fingerprint density at radius 3 is 2.89 bits per heavy atom. The van der Waals surface area contributed by atoms with Crippen molar-refractivity contribution >= 4 is 0 Å². The van der Waals surface area contributed by atoms with E-state index in [2.05, 4.69) is 46.2 Å². The zero-order chi connectivity index (χ0) is 13.7. The normalized spacial score (nSPS) is 14.5. The summed E-state index contributed by atoms with van der Waals surface area (Å²) in [6, 6.07) is 0.315. The van der Waals surface area contributed by atoms with Gasteiger partial charge in [0.1, 0.15) is 0 Å². The average molecular weight is 263 g/mol.